The molecule has 1 N–H and O–H groups in total. The Balaban J connectivity index is 2.08. The zero-order valence-corrected chi connectivity index (χ0v) is 14.2. The van der Waals surface area contributed by atoms with Crippen LogP contribution in [0.3, 0.4) is 0 Å². The van der Waals surface area contributed by atoms with Crippen LogP contribution in [-0.4, -0.2) is 42.2 Å². The number of rotatable bonds is 5. The van der Waals surface area contributed by atoms with Crippen molar-refractivity contribution in [1.82, 2.24) is 4.90 Å². The van der Waals surface area contributed by atoms with Gasteiger partial charge in [-0.25, -0.2) is 0 Å². The number of aliphatic hydroxyl groups excluding tert-OH is 1. The molecule has 0 aliphatic carbocycles. The third-order valence-electron chi connectivity index (χ3n) is 4.29. The first-order valence-corrected chi connectivity index (χ1v) is 8.32. The molecule has 2 rings (SSSR count). The molecule has 0 aromatic heterocycles. The maximum atomic E-state index is 9.69. The number of hydrogen-bond donors (Lipinski definition) is 1. The monoisotopic (exact) mass is 340 g/mol. The molecule has 1 heterocycles. The normalized spacial score (nSPS) is 20.7. The SMILES string of the molecule is CCN(CC)C1CCN(c2ccc([C@@H](C)O)c(Br)c2)C1. The van der Waals surface area contributed by atoms with Crippen molar-refractivity contribution in [2.24, 2.45) is 0 Å². The van der Waals surface area contributed by atoms with Gasteiger partial charge in [0.25, 0.3) is 0 Å². The summed E-state index contributed by atoms with van der Waals surface area (Å²) in [6, 6.07) is 6.94. The van der Waals surface area contributed by atoms with E-state index in [4.69, 9.17) is 0 Å². The van der Waals surface area contributed by atoms with Crippen LogP contribution in [0.2, 0.25) is 0 Å². The van der Waals surface area contributed by atoms with E-state index in [2.05, 4.69) is 51.7 Å². The number of hydrogen-bond acceptors (Lipinski definition) is 3. The summed E-state index contributed by atoms with van der Waals surface area (Å²) in [5, 5.41) is 9.69. The molecule has 1 aromatic rings. The fourth-order valence-electron chi connectivity index (χ4n) is 3.07. The van der Waals surface area contributed by atoms with Crippen molar-refractivity contribution in [3.63, 3.8) is 0 Å². The van der Waals surface area contributed by atoms with E-state index in [9.17, 15) is 5.11 Å². The maximum Gasteiger partial charge on any atom is 0.0772 e. The minimum Gasteiger partial charge on any atom is -0.389 e. The third-order valence-corrected chi connectivity index (χ3v) is 4.98. The van der Waals surface area contributed by atoms with Gasteiger partial charge in [0.05, 0.1) is 6.10 Å². The average Bonchev–Trinajstić information content (AvgIpc) is 2.89. The second kappa shape index (κ2) is 6.92. The van der Waals surface area contributed by atoms with Gasteiger partial charge >= 0.3 is 0 Å². The molecule has 1 aromatic carbocycles. The molecular formula is C16H25BrN2O. The van der Waals surface area contributed by atoms with Crippen LogP contribution in [0.25, 0.3) is 0 Å². The molecule has 0 radical (unpaired) electrons. The van der Waals surface area contributed by atoms with E-state index in [1.807, 2.05) is 6.07 Å². The number of anilines is 1. The Morgan fingerprint density at radius 3 is 2.65 bits per heavy atom. The predicted octanol–water partition coefficient (Wildman–Crippen LogP) is 3.42. The van der Waals surface area contributed by atoms with Crippen molar-refractivity contribution in [2.45, 2.75) is 39.3 Å². The minimum absolute atomic E-state index is 0.430. The summed E-state index contributed by atoms with van der Waals surface area (Å²) in [5.74, 6) is 0. The Morgan fingerprint density at radius 1 is 1.40 bits per heavy atom. The number of nitrogens with zero attached hydrogens (tertiary/aromatic N) is 2. The van der Waals surface area contributed by atoms with Crippen molar-refractivity contribution in [3.05, 3.63) is 28.2 Å². The number of halogens is 1. The highest BCUT2D eigenvalue weighted by molar-refractivity contribution is 9.10. The van der Waals surface area contributed by atoms with E-state index in [1.165, 1.54) is 12.1 Å². The van der Waals surface area contributed by atoms with Gasteiger partial charge in [-0.2, -0.15) is 0 Å². The van der Waals surface area contributed by atoms with Crippen LogP contribution < -0.4 is 4.90 Å². The zero-order chi connectivity index (χ0) is 14.7. The molecule has 3 nitrogen and oxygen atoms in total. The average molecular weight is 341 g/mol. The fourth-order valence-corrected chi connectivity index (χ4v) is 3.76. The molecule has 1 fully saturated rings. The maximum absolute atomic E-state index is 9.69. The summed E-state index contributed by atoms with van der Waals surface area (Å²) in [4.78, 5) is 4.98. The smallest absolute Gasteiger partial charge is 0.0772 e. The lowest BCUT2D eigenvalue weighted by atomic mass is 10.1. The van der Waals surface area contributed by atoms with Crippen molar-refractivity contribution in [2.75, 3.05) is 31.1 Å². The van der Waals surface area contributed by atoms with Crippen LogP contribution in [0.4, 0.5) is 5.69 Å². The van der Waals surface area contributed by atoms with E-state index < -0.39 is 6.10 Å². The first kappa shape index (κ1) is 15.8. The molecule has 0 spiro atoms. The lowest BCUT2D eigenvalue weighted by molar-refractivity contribution is 0.198. The summed E-state index contributed by atoms with van der Waals surface area (Å²) in [5.41, 5.74) is 2.20. The third kappa shape index (κ3) is 3.35. The van der Waals surface area contributed by atoms with E-state index in [0.29, 0.717) is 6.04 Å². The highest BCUT2D eigenvalue weighted by atomic mass is 79.9. The summed E-state index contributed by atoms with van der Waals surface area (Å²) >= 11 is 3.57. The Bertz CT molecular complexity index is 446. The lowest BCUT2D eigenvalue weighted by Gasteiger charge is -2.27. The molecule has 0 saturated carbocycles. The first-order valence-electron chi connectivity index (χ1n) is 7.53. The standard InChI is InChI=1S/C16H25BrN2O/c1-4-18(5-2)14-8-9-19(11-14)13-6-7-15(12(3)20)16(17)10-13/h6-7,10,12,14,20H,4-5,8-9,11H2,1-3H3/t12-,14?/m1/s1. The fraction of sp³-hybridized carbons (Fsp3) is 0.625. The molecular weight excluding hydrogens is 316 g/mol. The summed E-state index contributed by atoms with van der Waals surface area (Å²) in [6.45, 7) is 10.7. The van der Waals surface area contributed by atoms with Gasteiger partial charge in [0.1, 0.15) is 0 Å². The number of aliphatic hydroxyl groups is 1. The topological polar surface area (TPSA) is 26.7 Å². The van der Waals surface area contributed by atoms with Crippen LogP contribution in [0.5, 0.6) is 0 Å². The van der Waals surface area contributed by atoms with Crippen molar-refractivity contribution < 1.29 is 5.11 Å². The highest BCUT2D eigenvalue weighted by Gasteiger charge is 2.26. The Morgan fingerprint density at radius 2 is 2.10 bits per heavy atom. The lowest BCUT2D eigenvalue weighted by Crippen LogP contribution is -2.37. The Hall–Kier alpha value is -0.580. The molecule has 1 aliphatic rings. The second-order valence-corrected chi connectivity index (χ2v) is 6.35. The Kier molecular flexibility index (Phi) is 5.47. The van der Waals surface area contributed by atoms with E-state index in [0.717, 1.165) is 36.2 Å². The van der Waals surface area contributed by atoms with Crippen molar-refractivity contribution in [3.8, 4) is 0 Å². The quantitative estimate of drug-likeness (QED) is 0.889. The van der Waals surface area contributed by atoms with Crippen LogP contribution in [0.1, 0.15) is 38.9 Å². The molecule has 4 heteroatoms. The molecule has 0 bridgehead atoms. The number of likely N-dealkylation sites (N-methyl/N-ethyl adjacent to an activating group) is 1. The molecule has 20 heavy (non-hydrogen) atoms. The summed E-state index contributed by atoms with van der Waals surface area (Å²) in [7, 11) is 0. The van der Waals surface area contributed by atoms with Crippen LogP contribution >= 0.6 is 15.9 Å². The van der Waals surface area contributed by atoms with Crippen molar-refractivity contribution in [1.29, 1.82) is 0 Å². The largest absolute Gasteiger partial charge is 0.389 e. The van der Waals surface area contributed by atoms with Gasteiger partial charge in [-0.05, 0) is 44.1 Å². The highest BCUT2D eigenvalue weighted by Crippen LogP contribution is 2.30. The van der Waals surface area contributed by atoms with Gasteiger partial charge in [0.15, 0.2) is 0 Å². The molecule has 1 aliphatic heterocycles. The summed E-state index contributed by atoms with van der Waals surface area (Å²) < 4.78 is 0.997. The summed E-state index contributed by atoms with van der Waals surface area (Å²) in [6.07, 6.45) is 0.803. The zero-order valence-electron chi connectivity index (χ0n) is 12.6. The first-order chi connectivity index (χ1) is 9.56. The van der Waals surface area contributed by atoms with Crippen LogP contribution in [0.15, 0.2) is 22.7 Å². The molecule has 1 unspecified atom stereocenters. The number of benzene rings is 1. The molecule has 1 saturated heterocycles. The Labute approximate surface area is 130 Å². The van der Waals surface area contributed by atoms with Gasteiger partial charge < -0.3 is 10.0 Å². The van der Waals surface area contributed by atoms with Gasteiger partial charge in [0.2, 0.25) is 0 Å². The van der Waals surface area contributed by atoms with E-state index in [1.54, 1.807) is 6.92 Å². The van der Waals surface area contributed by atoms with Gasteiger partial charge in [0, 0.05) is 29.3 Å². The van der Waals surface area contributed by atoms with Crippen LogP contribution in [-0.2, 0) is 0 Å². The predicted molar refractivity (Wildman–Crippen MR) is 88.3 cm³/mol. The van der Waals surface area contributed by atoms with Gasteiger partial charge in [-0.1, -0.05) is 35.8 Å². The van der Waals surface area contributed by atoms with E-state index in [-0.39, 0.29) is 0 Å². The van der Waals surface area contributed by atoms with Gasteiger partial charge in [-0.3, -0.25) is 4.90 Å². The van der Waals surface area contributed by atoms with Crippen molar-refractivity contribution >= 4 is 21.6 Å². The van der Waals surface area contributed by atoms with E-state index >= 15 is 0 Å². The molecule has 0 amide bonds. The second-order valence-electron chi connectivity index (χ2n) is 5.49. The van der Waals surface area contributed by atoms with Gasteiger partial charge in [-0.15, -0.1) is 0 Å². The minimum atomic E-state index is -0.430. The van der Waals surface area contributed by atoms with Crippen LogP contribution in [0, 0.1) is 0 Å². The molecule has 2 atom stereocenters. The molecule has 112 valence electrons.